The first-order chi connectivity index (χ1) is 12.6. The van der Waals surface area contributed by atoms with Crippen molar-refractivity contribution in [1.82, 2.24) is 5.32 Å². The third-order valence-electron chi connectivity index (χ3n) is 4.35. The quantitative estimate of drug-likeness (QED) is 0.254. The van der Waals surface area contributed by atoms with Crippen LogP contribution in [0.2, 0.25) is 0 Å². The van der Waals surface area contributed by atoms with Crippen LogP contribution in [0.3, 0.4) is 0 Å². The molecule has 0 aliphatic carbocycles. The molecule has 26 heavy (non-hydrogen) atoms. The van der Waals surface area contributed by atoms with Crippen molar-refractivity contribution >= 4 is 11.7 Å². The Kier molecular flexibility index (Phi) is 17.7. The summed E-state index contributed by atoms with van der Waals surface area (Å²) in [6, 6.07) is 0. The van der Waals surface area contributed by atoms with Gasteiger partial charge >= 0.3 is 0 Å². The van der Waals surface area contributed by atoms with Crippen molar-refractivity contribution in [1.29, 1.82) is 0 Å². The third kappa shape index (κ3) is 17.6. The zero-order chi connectivity index (χ0) is 19.5. The minimum atomic E-state index is -0.875. The molecule has 0 aromatic heterocycles. The van der Waals surface area contributed by atoms with Crippen molar-refractivity contribution in [2.75, 3.05) is 13.2 Å². The summed E-state index contributed by atoms with van der Waals surface area (Å²) in [6.07, 6.45) is 16.0. The number of hydrogen-bond donors (Lipinski definition) is 3. The Morgan fingerprint density at radius 2 is 1.54 bits per heavy atom. The van der Waals surface area contributed by atoms with Gasteiger partial charge in [-0.1, -0.05) is 57.9 Å². The maximum atomic E-state index is 11.7. The normalized spacial score (nSPS) is 12.4. The molecule has 152 valence electrons. The summed E-state index contributed by atoms with van der Waals surface area (Å²) in [5.41, 5.74) is 0. The van der Waals surface area contributed by atoms with Crippen molar-refractivity contribution in [2.45, 2.75) is 96.5 Å². The van der Waals surface area contributed by atoms with Gasteiger partial charge in [-0.15, -0.1) is 0 Å². The average molecular weight is 370 g/mol. The van der Waals surface area contributed by atoms with E-state index in [-0.39, 0.29) is 24.8 Å². The van der Waals surface area contributed by atoms with E-state index < -0.39 is 6.10 Å². The molecule has 1 amide bonds. The summed E-state index contributed by atoms with van der Waals surface area (Å²) >= 11 is 0. The highest BCUT2D eigenvalue weighted by Crippen LogP contribution is 2.09. The monoisotopic (exact) mass is 369 g/mol. The molecule has 0 spiro atoms. The number of rotatable bonds is 18. The fraction of sp³-hybridized carbons (Fsp3) is 0.810. The van der Waals surface area contributed by atoms with Crippen LogP contribution in [0.15, 0.2) is 12.2 Å². The molecule has 0 saturated heterocycles. The number of carbonyl (C=O) groups excluding carboxylic acids is 2. The minimum Gasteiger partial charge on any atom is -0.394 e. The van der Waals surface area contributed by atoms with Crippen LogP contribution in [0.4, 0.5) is 0 Å². The van der Waals surface area contributed by atoms with Gasteiger partial charge in [0.25, 0.3) is 0 Å². The SMILES string of the molecule is CCCCCCCC(=O)/C=C/CCCCCCCC(=O)NCC(O)CO. The van der Waals surface area contributed by atoms with Crippen LogP contribution in [0, 0.1) is 0 Å². The molecule has 0 aromatic rings. The second-order valence-electron chi connectivity index (χ2n) is 6.98. The van der Waals surface area contributed by atoms with Gasteiger partial charge in [-0.25, -0.2) is 0 Å². The Morgan fingerprint density at radius 3 is 2.23 bits per heavy atom. The second-order valence-corrected chi connectivity index (χ2v) is 6.98. The van der Waals surface area contributed by atoms with E-state index in [9.17, 15) is 9.59 Å². The fourth-order valence-electron chi connectivity index (χ4n) is 2.66. The Hall–Kier alpha value is -1.20. The summed E-state index contributed by atoms with van der Waals surface area (Å²) in [6.45, 7) is 1.97. The molecule has 0 saturated carbocycles. The summed E-state index contributed by atoms with van der Waals surface area (Å²) in [5.74, 6) is 0.174. The Morgan fingerprint density at radius 1 is 0.923 bits per heavy atom. The van der Waals surface area contributed by atoms with Crippen LogP contribution in [0.5, 0.6) is 0 Å². The molecule has 0 fully saturated rings. The van der Waals surface area contributed by atoms with Crippen molar-refractivity contribution in [2.24, 2.45) is 0 Å². The van der Waals surface area contributed by atoms with Crippen molar-refractivity contribution in [3.05, 3.63) is 12.2 Å². The second kappa shape index (κ2) is 18.6. The zero-order valence-corrected chi connectivity index (χ0v) is 16.5. The smallest absolute Gasteiger partial charge is 0.220 e. The molecule has 0 aliphatic heterocycles. The molecule has 3 N–H and O–H groups in total. The molecule has 1 atom stereocenters. The third-order valence-corrected chi connectivity index (χ3v) is 4.35. The Bertz CT molecular complexity index is 382. The van der Waals surface area contributed by atoms with Gasteiger partial charge in [-0.2, -0.15) is 0 Å². The van der Waals surface area contributed by atoms with E-state index in [4.69, 9.17) is 10.2 Å². The zero-order valence-electron chi connectivity index (χ0n) is 16.5. The molecular formula is C21H39NO4. The highest BCUT2D eigenvalue weighted by Gasteiger charge is 2.05. The molecule has 0 radical (unpaired) electrons. The lowest BCUT2D eigenvalue weighted by atomic mass is 10.1. The van der Waals surface area contributed by atoms with Crippen LogP contribution in [-0.4, -0.2) is 41.2 Å². The summed E-state index contributed by atoms with van der Waals surface area (Å²) < 4.78 is 0. The van der Waals surface area contributed by atoms with E-state index in [0.717, 1.165) is 51.4 Å². The fourth-order valence-corrected chi connectivity index (χ4v) is 2.66. The number of aliphatic hydroxyl groups excluding tert-OH is 2. The lowest BCUT2D eigenvalue weighted by Gasteiger charge is -2.08. The Balaban J connectivity index is 3.39. The molecule has 0 aromatic carbocycles. The number of aliphatic hydroxyl groups is 2. The van der Waals surface area contributed by atoms with Crippen molar-refractivity contribution < 1.29 is 19.8 Å². The van der Waals surface area contributed by atoms with Crippen LogP contribution in [0.25, 0.3) is 0 Å². The topological polar surface area (TPSA) is 86.6 Å². The molecule has 0 aliphatic rings. The molecule has 0 bridgehead atoms. The predicted molar refractivity (Wildman–Crippen MR) is 106 cm³/mol. The van der Waals surface area contributed by atoms with Crippen LogP contribution in [-0.2, 0) is 9.59 Å². The summed E-state index contributed by atoms with van der Waals surface area (Å²) in [7, 11) is 0. The van der Waals surface area contributed by atoms with E-state index in [0.29, 0.717) is 12.8 Å². The summed E-state index contributed by atoms with van der Waals surface area (Å²) in [4.78, 5) is 23.2. The van der Waals surface area contributed by atoms with E-state index in [2.05, 4.69) is 12.2 Å². The van der Waals surface area contributed by atoms with E-state index >= 15 is 0 Å². The predicted octanol–water partition coefficient (Wildman–Crippen LogP) is 3.67. The standard InChI is InChI=1S/C21H39NO4/c1-2-3-4-8-11-14-19(24)15-12-9-6-5-7-10-13-16-21(26)22-17-20(25)18-23/h12,15,20,23,25H,2-11,13-14,16-18H2,1H3,(H,22,26)/b15-12+. The molecule has 5 heteroatoms. The van der Waals surface area contributed by atoms with E-state index in [1.54, 1.807) is 6.08 Å². The molecule has 1 unspecified atom stereocenters. The van der Waals surface area contributed by atoms with Crippen LogP contribution < -0.4 is 5.32 Å². The molecule has 5 nitrogen and oxygen atoms in total. The lowest BCUT2D eigenvalue weighted by molar-refractivity contribution is -0.121. The number of amides is 1. The maximum Gasteiger partial charge on any atom is 0.220 e. The lowest BCUT2D eigenvalue weighted by Crippen LogP contribution is -2.33. The highest BCUT2D eigenvalue weighted by molar-refractivity contribution is 5.89. The molecular weight excluding hydrogens is 330 g/mol. The van der Waals surface area contributed by atoms with Gasteiger partial charge in [0.05, 0.1) is 12.7 Å². The van der Waals surface area contributed by atoms with Crippen molar-refractivity contribution in [3.63, 3.8) is 0 Å². The number of hydrogen-bond acceptors (Lipinski definition) is 4. The first kappa shape index (κ1) is 24.8. The first-order valence-electron chi connectivity index (χ1n) is 10.3. The van der Waals surface area contributed by atoms with Gasteiger partial charge in [0, 0.05) is 19.4 Å². The van der Waals surface area contributed by atoms with E-state index in [1.807, 2.05) is 6.08 Å². The molecule has 0 heterocycles. The van der Waals surface area contributed by atoms with Gasteiger partial charge < -0.3 is 15.5 Å². The van der Waals surface area contributed by atoms with Crippen LogP contribution in [0.1, 0.15) is 90.4 Å². The Labute approximate surface area is 159 Å². The highest BCUT2D eigenvalue weighted by atomic mass is 16.3. The van der Waals surface area contributed by atoms with Gasteiger partial charge in [-0.3, -0.25) is 9.59 Å². The largest absolute Gasteiger partial charge is 0.394 e. The number of allylic oxidation sites excluding steroid dienone is 2. The number of nitrogens with one attached hydrogen (secondary N) is 1. The van der Waals surface area contributed by atoms with Gasteiger partial charge in [0.1, 0.15) is 0 Å². The first-order valence-corrected chi connectivity index (χ1v) is 10.3. The average Bonchev–Trinajstić information content (AvgIpc) is 2.64. The van der Waals surface area contributed by atoms with E-state index in [1.165, 1.54) is 19.3 Å². The molecule has 0 rings (SSSR count). The van der Waals surface area contributed by atoms with Crippen molar-refractivity contribution in [3.8, 4) is 0 Å². The number of unbranched alkanes of at least 4 members (excludes halogenated alkanes) is 9. The minimum absolute atomic E-state index is 0.0753. The van der Waals surface area contributed by atoms with Gasteiger partial charge in [0.15, 0.2) is 5.78 Å². The number of ketones is 1. The maximum absolute atomic E-state index is 11.7. The van der Waals surface area contributed by atoms with Crippen LogP contribution >= 0.6 is 0 Å². The number of carbonyl (C=O) groups is 2. The van der Waals surface area contributed by atoms with Gasteiger partial charge in [0.2, 0.25) is 5.91 Å². The summed E-state index contributed by atoms with van der Waals surface area (Å²) in [5, 5.41) is 20.4. The van der Waals surface area contributed by atoms with Gasteiger partial charge in [-0.05, 0) is 31.8 Å².